The van der Waals surface area contributed by atoms with Gasteiger partial charge >= 0.3 is 0 Å². The molecule has 4 heterocycles. The molecule has 0 aliphatic carbocycles. The van der Waals surface area contributed by atoms with Gasteiger partial charge in [-0.2, -0.15) is 0 Å². The van der Waals surface area contributed by atoms with E-state index in [4.69, 9.17) is 4.74 Å². The van der Waals surface area contributed by atoms with Crippen molar-refractivity contribution in [2.45, 2.75) is 37.3 Å². The molecule has 2 aromatic rings. The summed E-state index contributed by atoms with van der Waals surface area (Å²) in [6.45, 7) is 3.83. The maximum atomic E-state index is 6.22. The van der Waals surface area contributed by atoms with E-state index in [2.05, 4.69) is 24.5 Å². The van der Waals surface area contributed by atoms with Gasteiger partial charge in [0.15, 0.2) is 0 Å². The summed E-state index contributed by atoms with van der Waals surface area (Å²) in [5.41, 5.74) is 2.33. The average Bonchev–Trinajstić information content (AvgIpc) is 3.21. The molecule has 7 heteroatoms. The average molecular weight is 317 g/mol. The van der Waals surface area contributed by atoms with Crippen LogP contribution in [0.2, 0.25) is 0 Å². The van der Waals surface area contributed by atoms with E-state index in [1.165, 1.54) is 17.1 Å². The lowest BCUT2D eigenvalue weighted by atomic mass is 9.84. The van der Waals surface area contributed by atoms with Gasteiger partial charge in [0.2, 0.25) is 0 Å². The van der Waals surface area contributed by atoms with Crippen molar-refractivity contribution in [1.29, 1.82) is 0 Å². The second-order valence-corrected chi connectivity index (χ2v) is 6.85. The molecule has 4 rings (SSSR count). The number of rotatable bonds is 3. The molecule has 2 fully saturated rings. The molecule has 2 aromatic heterocycles. The fourth-order valence-electron chi connectivity index (χ4n) is 3.53. The first-order valence-corrected chi connectivity index (χ1v) is 8.54. The Morgan fingerprint density at radius 2 is 2.09 bits per heavy atom. The monoisotopic (exact) mass is 317 g/mol. The molecular weight excluding hydrogens is 298 g/mol. The molecule has 0 amide bonds. The van der Waals surface area contributed by atoms with E-state index in [9.17, 15) is 0 Å². The van der Waals surface area contributed by atoms with E-state index in [0.717, 1.165) is 51.2 Å². The number of likely N-dealkylation sites (tertiary alicyclic amines) is 1. The lowest BCUT2D eigenvalue weighted by Crippen LogP contribution is -2.43. The van der Waals surface area contributed by atoms with Crippen molar-refractivity contribution in [1.82, 2.24) is 24.5 Å². The Labute approximate surface area is 133 Å². The zero-order valence-corrected chi connectivity index (χ0v) is 13.2. The summed E-state index contributed by atoms with van der Waals surface area (Å²) in [4.78, 5) is 10.7. The number of piperidine rings is 1. The minimum atomic E-state index is 0.0529. The Morgan fingerprint density at radius 1 is 1.27 bits per heavy atom. The first kappa shape index (κ1) is 14.2. The molecule has 0 bridgehead atoms. The van der Waals surface area contributed by atoms with Crippen molar-refractivity contribution in [2.75, 3.05) is 19.7 Å². The molecule has 2 saturated heterocycles. The fourth-order valence-corrected chi connectivity index (χ4v) is 3.97. The van der Waals surface area contributed by atoms with Crippen LogP contribution in [0.15, 0.2) is 24.1 Å². The van der Waals surface area contributed by atoms with Crippen LogP contribution in [-0.2, 0) is 11.3 Å². The summed E-state index contributed by atoms with van der Waals surface area (Å²) in [6, 6.07) is 0. The SMILES string of the molecule is c1ncc([C@H]2COC3(CCN(Cc4csnn4)CC3)C2)cn1. The Morgan fingerprint density at radius 3 is 2.82 bits per heavy atom. The van der Waals surface area contributed by atoms with Crippen LogP contribution in [0.5, 0.6) is 0 Å². The molecular formula is C15H19N5OS. The predicted octanol–water partition coefficient (Wildman–Crippen LogP) is 1.87. The molecule has 0 unspecified atom stereocenters. The van der Waals surface area contributed by atoms with Crippen LogP contribution in [0.1, 0.15) is 36.4 Å². The van der Waals surface area contributed by atoms with Crippen LogP contribution in [0, 0.1) is 0 Å². The third-order valence-corrected chi connectivity index (χ3v) is 5.37. The van der Waals surface area contributed by atoms with E-state index < -0.39 is 0 Å². The van der Waals surface area contributed by atoms with E-state index >= 15 is 0 Å². The topological polar surface area (TPSA) is 64.0 Å². The standard InChI is InChI=1S/C15H19N5OS/c1-3-20(8-14-10-22-19-18-14)4-2-15(1)5-12(9-21-15)13-6-16-11-17-7-13/h6-7,10-12H,1-5,8-9H2/t12-/m1/s1. The normalized spacial score (nSPS) is 24.8. The molecule has 0 radical (unpaired) electrons. The minimum Gasteiger partial charge on any atom is -0.374 e. The van der Waals surface area contributed by atoms with Gasteiger partial charge in [0.25, 0.3) is 0 Å². The molecule has 2 aliphatic heterocycles. The van der Waals surface area contributed by atoms with E-state index in [1.54, 1.807) is 6.33 Å². The van der Waals surface area contributed by atoms with E-state index in [1.807, 2.05) is 17.8 Å². The molecule has 1 spiro atoms. The van der Waals surface area contributed by atoms with E-state index in [-0.39, 0.29) is 5.60 Å². The molecule has 1 atom stereocenters. The largest absolute Gasteiger partial charge is 0.374 e. The van der Waals surface area contributed by atoms with Crippen LogP contribution >= 0.6 is 11.5 Å². The number of hydrogen-bond acceptors (Lipinski definition) is 7. The van der Waals surface area contributed by atoms with Gasteiger partial charge in [0, 0.05) is 43.3 Å². The molecule has 116 valence electrons. The number of hydrogen-bond donors (Lipinski definition) is 0. The maximum Gasteiger partial charge on any atom is 0.115 e. The van der Waals surface area contributed by atoms with Crippen molar-refractivity contribution < 1.29 is 4.74 Å². The second-order valence-electron chi connectivity index (χ2n) is 6.24. The first-order chi connectivity index (χ1) is 10.8. The van der Waals surface area contributed by atoms with Crippen LogP contribution in [0.4, 0.5) is 0 Å². The predicted molar refractivity (Wildman–Crippen MR) is 82.5 cm³/mol. The van der Waals surface area contributed by atoms with Gasteiger partial charge in [-0.15, -0.1) is 5.10 Å². The van der Waals surface area contributed by atoms with Gasteiger partial charge in [-0.25, -0.2) is 9.97 Å². The molecule has 2 aliphatic rings. The minimum absolute atomic E-state index is 0.0529. The van der Waals surface area contributed by atoms with Gasteiger partial charge in [-0.05, 0) is 36.4 Å². The maximum absolute atomic E-state index is 6.22. The molecule has 22 heavy (non-hydrogen) atoms. The van der Waals surface area contributed by atoms with Crippen molar-refractivity contribution in [2.24, 2.45) is 0 Å². The summed E-state index contributed by atoms with van der Waals surface area (Å²) in [5.74, 6) is 0.440. The molecule has 0 saturated carbocycles. The number of nitrogens with zero attached hydrogens (tertiary/aromatic N) is 5. The van der Waals surface area contributed by atoms with E-state index in [0.29, 0.717) is 5.92 Å². The quantitative estimate of drug-likeness (QED) is 0.861. The Balaban J connectivity index is 1.35. The van der Waals surface area contributed by atoms with Gasteiger partial charge in [0.05, 0.1) is 17.9 Å². The zero-order valence-electron chi connectivity index (χ0n) is 12.4. The first-order valence-electron chi connectivity index (χ1n) is 7.70. The Kier molecular flexibility index (Phi) is 3.85. The summed E-state index contributed by atoms with van der Waals surface area (Å²) in [5, 5.41) is 6.16. The van der Waals surface area contributed by atoms with Crippen LogP contribution in [-0.4, -0.2) is 49.8 Å². The highest BCUT2D eigenvalue weighted by Crippen LogP contribution is 2.42. The van der Waals surface area contributed by atoms with Crippen LogP contribution in [0.3, 0.4) is 0 Å². The van der Waals surface area contributed by atoms with Gasteiger partial charge < -0.3 is 4.74 Å². The van der Waals surface area contributed by atoms with Crippen molar-refractivity contribution in [3.63, 3.8) is 0 Å². The summed E-state index contributed by atoms with van der Waals surface area (Å²) in [6.07, 6.45) is 8.70. The Hall–Kier alpha value is -1.44. The van der Waals surface area contributed by atoms with Gasteiger partial charge in [-0.3, -0.25) is 4.90 Å². The van der Waals surface area contributed by atoms with Crippen LogP contribution in [0.25, 0.3) is 0 Å². The highest BCUT2D eigenvalue weighted by Gasteiger charge is 2.43. The molecule has 6 nitrogen and oxygen atoms in total. The third-order valence-electron chi connectivity index (χ3n) is 4.82. The fraction of sp³-hybridized carbons (Fsp3) is 0.600. The van der Waals surface area contributed by atoms with Crippen molar-refractivity contribution in [3.05, 3.63) is 35.4 Å². The highest BCUT2D eigenvalue weighted by atomic mass is 32.1. The second kappa shape index (κ2) is 5.98. The highest BCUT2D eigenvalue weighted by molar-refractivity contribution is 7.03. The van der Waals surface area contributed by atoms with Crippen molar-refractivity contribution in [3.8, 4) is 0 Å². The lowest BCUT2D eigenvalue weighted by molar-refractivity contribution is -0.0450. The van der Waals surface area contributed by atoms with Crippen LogP contribution < -0.4 is 0 Å². The lowest BCUT2D eigenvalue weighted by Gasteiger charge is -2.38. The third kappa shape index (κ3) is 2.88. The molecule has 0 N–H and O–H groups in total. The summed E-state index contributed by atoms with van der Waals surface area (Å²) < 4.78 is 10.2. The zero-order chi connectivity index (χ0) is 14.8. The molecule has 0 aromatic carbocycles. The summed E-state index contributed by atoms with van der Waals surface area (Å²) >= 11 is 1.42. The Bertz CT molecular complexity index is 598. The summed E-state index contributed by atoms with van der Waals surface area (Å²) in [7, 11) is 0. The van der Waals surface area contributed by atoms with Gasteiger partial charge in [0.1, 0.15) is 6.33 Å². The van der Waals surface area contributed by atoms with Crippen molar-refractivity contribution >= 4 is 11.5 Å². The number of aromatic nitrogens is 4. The van der Waals surface area contributed by atoms with Gasteiger partial charge in [-0.1, -0.05) is 4.49 Å². The number of ether oxygens (including phenoxy) is 1. The smallest absolute Gasteiger partial charge is 0.115 e.